The zero-order valence-electron chi connectivity index (χ0n) is 17.5. The molecule has 0 aliphatic carbocycles. The van der Waals surface area contributed by atoms with Crippen molar-refractivity contribution < 1.29 is 18.7 Å². The molecule has 1 amide bonds. The molecule has 1 aliphatic rings. The first-order valence-corrected chi connectivity index (χ1v) is 10.9. The number of aryl methyl sites for hydroxylation is 1. The fourth-order valence-electron chi connectivity index (χ4n) is 3.70. The second-order valence-corrected chi connectivity index (χ2v) is 8.65. The summed E-state index contributed by atoms with van der Waals surface area (Å²) in [6, 6.07) is 10.4. The maximum atomic E-state index is 14.0. The molecule has 1 fully saturated rings. The molecule has 0 saturated carbocycles. The van der Waals surface area contributed by atoms with Gasteiger partial charge in [-0.1, -0.05) is 12.1 Å². The molecule has 0 atom stereocenters. The average molecular weight is 442 g/mol. The van der Waals surface area contributed by atoms with Crippen molar-refractivity contribution in [3.05, 3.63) is 70.6 Å². The third-order valence-corrected chi connectivity index (χ3v) is 6.78. The number of ether oxygens (including phenoxy) is 1. The Kier molecular flexibility index (Phi) is 6.08. The van der Waals surface area contributed by atoms with Gasteiger partial charge in [-0.3, -0.25) is 4.79 Å². The van der Waals surface area contributed by atoms with E-state index in [9.17, 15) is 14.0 Å². The Morgan fingerprint density at radius 3 is 2.39 bits per heavy atom. The SMILES string of the molecule is Cc1sc(-n2cccc2)c(C(=O)OCC(=O)N2CCN(c3ccccc3F)CC2)c1C. The number of hydrogen-bond donors (Lipinski definition) is 0. The Hall–Kier alpha value is -3.13. The number of esters is 1. The highest BCUT2D eigenvalue weighted by atomic mass is 32.1. The zero-order valence-corrected chi connectivity index (χ0v) is 18.3. The second kappa shape index (κ2) is 8.93. The van der Waals surface area contributed by atoms with Gasteiger partial charge in [0.2, 0.25) is 0 Å². The highest BCUT2D eigenvalue weighted by Crippen LogP contribution is 2.31. The normalized spacial score (nSPS) is 14.0. The summed E-state index contributed by atoms with van der Waals surface area (Å²) < 4.78 is 21.3. The van der Waals surface area contributed by atoms with Gasteiger partial charge in [0, 0.05) is 43.4 Å². The van der Waals surface area contributed by atoms with Crippen molar-refractivity contribution in [2.45, 2.75) is 13.8 Å². The van der Waals surface area contributed by atoms with Crippen molar-refractivity contribution in [2.24, 2.45) is 0 Å². The molecule has 8 heteroatoms. The van der Waals surface area contributed by atoms with Crippen molar-refractivity contribution in [3.63, 3.8) is 0 Å². The summed E-state index contributed by atoms with van der Waals surface area (Å²) in [6.45, 7) is 5.51. The number of halogens is 1. The van der Waals surface area contributed by atoms with Gasteiger partial charge >= 0.3 is 5.97 Å². The number of anilines is 1. The van der Waals surface area contributed by atoms with Gasteiger partial charge in [-0.05, 0) is 43.7 Å². The lowest BCUT2D eigenvalue weighted by Gasteiger charge is -2.36. The van der Waals surface area contributed by atoms with E-state index in [2.05, 4.69) is 0 Å². The van der Waals surface area contributed by atoms with Crippen LogP contribution in [0.1, 0.15) is 20.8 Å². The fourth-order valence-corrected chi connectivity index (χ4v) is 4.81. The standard InChI is InChI=1S/C23H24FN3O3S/c1-16-17(2)31-22(27-9-5-6-10-27)21(16)23(29)30-15-20(28)26-13-11-25(12-14-26)19-8-4-3-7-18(19)24/h3-10H,11-15H2,1-2H3. The molecule has 6 nitrogen and oxygen atoms in total. The minimum absolute atomic E-state index is 0.242. The van der Waals surface area contributed by atoms with Crippen LogP contribution in [0.15, 0.2) is 48.8 Å². The molecule has 0 spiro atoms. The summed E-state index contributed by atoms with van der Waals surface area (Å²) in [5.41, 5.74) is 1.90. The van der Waals surface area contributed by atoms with Gasteiger partial charge in [-0.25, -0.2) is 9.18 Å². The van der Waals surface area contributed by atoms with Crippen molar-refractivity contribution in [3.8, 4) is 5.00 Å². The minimum atomic E-state index is -0.496. The van der Waals surface area contributed by atoms with Crippen LogP contribution in [0.3, 0.4) is 0 Å². The van der Waals surface area contributed by atoms with E-state index < -0.39 is 5.97 Å². The van der Waals surface area contributed by atoms with Gasteiger partial charge in [0.1, 0.15) is 10.8 Å². The molecular weight excluding hydrogens is 417 g/mol. The Balaban J connectivity index is 1.36. The number of piperazine rings is 1. The number of para-hydroxylation sites is 1. The van der Waals surface area contributed by atoms with Crippen molar-refractivity contribution in [1.82, 2.24) is 9.47 Å². The summed E-state index contributed by atoms with van der Waals surface area (Å²) in [5.74, 6) is -1.01. The van der Waals surface area contributed by atoms with Gasteiger partial charge in [-0.2, -0.15) is 0 Å². The molecule has 3 heterocycles. The number of benzene rings is 1. The van der Waals surface area contributed by atoms with Gasteiger partial charge in [0.05, 0.1) is 11.3 Å². The largest absolute Gasteiger partial charge is 0.452 e. The molecule has 0 N–H and O–H groups in total. The van der Waals surface area contributed by atoms with E-state index in [1.165, 1.54) is 17.4 Å². The van der Waals surface area contributed by atoms with Gasteiger partial charge in [0.15, 0.2) is 6.61 Å². The summed E-state index contributed by atoms with van der Waals surface area (Å²) >= 11 is 1.52. The smallest absolute Gasteiger partial charge is 0.341 e. The quantitative estimate of drug-likeness (QED) is 0.565. The zero-order chi connectivity index (χ0) is 22.0. The van der Waals surface area contributed by atoms with Crippen LogP contribution < -0.4 is 4.90 Å². The molecule has 1 aliphatic heterocycles. The van der Waals surface area contributed by atoms with E-state index in [4.69, 9.17) is 4.74 Å². The summed E-state index contributed by atoms with van der Waals surface area (Å²) in [4.78, 5) is 30.0. The second-order valence-electron chi connectivity index (χ2n) is 7.45. The number of aromatic nitrogens is 1. The molecule has 0 unspecified atom stereocenters. The molecule has 4 rings (SSSR count). The van der Waals surface area contributed by atoms with Crippen LogP contribution in [0, 0.1) is 19.7 Å². The van der Waals surface area contributed by atoms with Crippen LogP contribution in [-0.4, -0.2) is 54.1 Å². The summed E-state index contributed by atoms with van der Waals surface area (Å²) in [5, 5.41) is 0.788. The van der Waals surface area contributed by atoms with Crippen LogP contribution in [-0.2, 0) is 9.53 Å². The lowest BCUT2D eigenvalue weighted by atomic mass is 10.1. The Morgan fingerprint density at radius 2 is 1.71 bits per heavy atom. The summed E-state index contributed by atoms with van der Waals surface area (Å²) in [6.07, 6.45) is 3.75. The van der Waals surface area contributed by atoms with Crippen molar-refractivity contribution >= 4 is 28.9 Å². The molecule has 1 aromatic carbocycles. The Labute approximate surface area is 184 Å². The Morgan fingerprint density at radius 1 is 1.03 bits per heavy atom. The van der Waals surface area contributed by atoms with E-state index in [0.29, 0.717) is 37.4 Å². The van der Waals surface area contributed by atoms with Crippen LogP contribution >= 0.6 is 11.3 Å². The Bertz CT molecular complexity index is 1090. The van der Waals surface area contributed by atoms with Crippen molar-refractivity contribution in [2.75, 3.05) is 37.7 Å². The first-order valence-electron chi connectivity index (χ1n) is 10.1. The van der Waals surface area contributed by atoms with E-state index in [1.807, 2.05) is 47.8 Å². The lowest BCUT2D eigenvalue weighted by molar-refractivity contribution is -0.134. The predicted molar refractivity (Wildman–Crippen MR) is 119 cm³/mol. The number of amides is 1. The first kappa shape index (κ1) is 21.1. The molecule has 162 valence electrons. The maximum absolute atomic E-state index is 14.0. The third-order valence-electron chi connectivity index (χ3n) is 5.56. The maximum Gasteiger partial charge on any atom is 0.341 e. The van der Waals surface area contributed by atoms with Crippen LogP contribution in [0.2, 0.25) is 0 Å². The number of nitrogens with zero attached hydrogens (tertiary/aromatic N) is 3. The van der Waals surface area contributed by atoms with Gasteiger partial charge < -0.3 is 19.1 Å². The molecule has 3 aromatic rings. The van der Waals surface area contributed by atoms with Crippen LogP contribution in [0.5, 0.6) is 0 Å². The van der Waals surface area contributed by atoms with Crippen molar-refractivity contribution in [1.29, 1.82) is 0 Å². The van der Waals surface area contributed by atoms with E-state index in [0.717, 1.165) is 15.4 Å². The lowest BCUT2D eigenvalue weighted by Crippen LogP contribution is -2.50. The highest BCUT2D eigenvalue weighted by molar-refractivity contribution is 7.15. The van der Waals surface area contributed by atoms with Gasteiger partial charge in [0.25, 0.3) is 5.91 Å². The van der Waals surface area contributed by atoms with Crippen LogP contribution in [0.25, 0.3) is 5.00 Å². The number of hydrogen-bond acceptors (Lipinski definition) is 5. The molecule has 0 bridgehead atoms. The topological polar surface area (TPSA) is 54.8 Å². The number of carbonyl (C=O) groups is 2. The molecule has 0 radical (unpaired) electrons. The monoisotopic (exact) mass is 441 g/mol. The molecule has 31 heavy (non-hydrogen) atoms. The third kappa shape index (κ3) is 4.34. The van der Waals surface area contributed by atoms with Gasteiger partial charge in [-0.15, -0.1) is 11.3 Å². The molecular formula is C23H24FN3O3S. The highest BCUT2D eigenvalue weighted by Gasteiger charge is 2.26. The predicted octanol–water partition coefficient (Wildman–Crippen LogP) is 3.80. The minimum Gasteiger partial charge on any atom is -0.452 e. The van der Waals surface area contributed by atoms with E-state index >= 15 is 0 Å². The number of rotatable bonds is 5. The van der Waals surface area contributed by atoms with E-state index in [1.54, 1.807) is 23.1 Å². The summed E-state index contributed by atoms with van der Waals surface area (Å²) in [7, 11) is 0. The number of thiophene rings is 1. The van der Waals surface area contributed by atoms with E-state index in [-0.39, 0.29) is 18.3 Å². The first-order chi connectivity index (χ1) is 15.0. The van der Waals surface area contributed by atoms with Crippen LogP contribution in [0.4, 0.5) is 10.1 Å². The molecule has 2 aromatic heterocycles. The fraction of sp³-hybridized carbons (Fsp3) is 0.304. The molecule has 1 saturated heterocycles. The average Bonchev–Trinajstić information content (AvgIpc) is 3.41. The number of carbonyl (C=O) groups excluding carboxylic acids is 2.